The van der Waals surface area contributed by atoms with Crippen molar-refractivity contribution in [3.05, 3.63) is 81.0 Å². The molecule has 0 bridgehead atoms. The van der Waals surface area contributed by atoms with Crippen LogP contribution >= 0.6 is 11.3 Å². The molecule has 0 spiro atoms. The summed E-state index contributed by atoms with van der Waals surface area (Å²) < 4.78 is 10.8. The average molecular weight is 491 g/mol. The van der Waals surface area contributed by atoms with E-state index < -0.39 is 5.54 Å². The highest BCUT2D eigenvalue weighted by atomic mass is 32.1. The number of nitrogens with zero attached hydrogens (tertiary/aromatic N) is 2. The fourth-order valence-electron chi connectivity index (χ4n) is 4.72. The maximum absolute atomic E-state index is 13.9. The Hall–Kier alpha value is -3.32. The molecule has 0 radical (unpaired) electrons. The lowest BCUT2D eigenvalue weighted by Crippen LogP contribution is -2.52. The summed E-state index contributed by atoms with van der Waals surface area (Å²) in [6.07, 6.45) is 0.826. The first kappa shape index (κ1) is 23.4. The molecule has 0 saturated carbocycles. The minimum atomic E-state index is -0.550. The molecule has 2 aromatic carbocycles. The molecule has 35 heavy (non-hydrogen) atoms. The van der Waals surface area contributed by atoms with Crippen molar-refractivity contribution in [1.82, 2.24) is 9.80 Å². The van der Waals surface area contributed by atoms with E-state index in [-0.39, 0.29) is 31.2 Å². The van der Waals surface area contributed by atoms with Crippen molar-refractivity contribution in [1.29, 1.82) is 0 Å². The SMILES string of the molecule is Cc1ccc(C2c3ccsc3CCN2C(=O)CN(C(=O)c2ccc3c(c2)OCO3)C(C)(C)C)cc1. The lowest BCUT2D eigenvalue weighted by Gasteiger charge is -2.40. The van der Waals surface area contributed by atoms with Gasteiger partial charge in [-0.05, 0) is 74.9 Å². The quantitative estimate of drug-likeness (QED) is 0.504. The molecule has 3 heterocycles. The number of ether oxygens (including phenoxy) is 2. The van der Waals surface area contributed by atoms with Gasteiger partial charge in [0.15, 0.2) is 11.5 Å². The number of carbonyl (C=O) groups excluding carboxylic acids is 2. The Labute approximate surface area is 210 Å². The maximum Gasteiger partial charge on any atom is 0.254 e. The predicted octanol–water partition coefficient (Wildman–Crippen LogP) is 5.20. The number of benzene rings is 2. The molecular formula is C28H30N2O4S. The molecule has 2 aliphatic heterocycles. The van der Waals surface area contributed by atoms with Crippen molar-refractivity contribution in [3.8, 4) is 11.5 Å². The number of thiophene rings is 1. The van der Waals surface area contributed by atoms with E-state index >= 15 is 0 Å². The molecule has 7 heteroatoms. The minimum Gasteiger partial charge on any atom is -0.454 e. The summed E-state index contributed by atoms with van der Waals surface area (Å²) in [6.45, 7) is 8.70. The van der Waals surface area contributed by atoms with E-state index in [1.807, 2.05) is 25.7 Å². The molecule has 0 saturated heterocycles. The van der Waals surface area contributed by atoms with Crippen LogP contribution in [-0.2, 0) is 11.2 Å². The van der Waals surface area contributed by atoms with E-state index in [0.717, 1.165) is 12.0 Å². The molecule has 182 valence electrons. The van der Waals surface area contributed by atoms with Crippen LogP contribution < -0.4 is 9.47 Å². The lowest BCUT2D eigenvalue weighted by molar-refractivity contribution is -0.135. The molecule has 5 rings (SSSR count). The largest absolute Gasteiger partial charge is 0.454 e. The molecule has 0 aliphatic carbocycles. The number of aryl methyl sites for hydroxylation is 1. The van der Waals surface area contributed by atoms with Gasteiger partial charge in [0.2, 0.25) is 12.7 Å². The summed E-state index contributed by atoms with van der Waals surface area (Å²) >= 11 is 1.75. The summed E-state index contributed by atoms with van der Waals surface area (Å²) in [5.74, 6) is 0.915. The molecule has 1 aromatic heterocycles. The third-order valence-electron chi connectivity index (χ3n) is 6.65. The number of hydrogen-bond acceptors (Lipinski definition) is 5. The molecule has 0 fully saturated rings. The first-order chi connectivity index (χ1) is 16.7. The van der Waals surface area contributed by atoms with Crippen molar-refractivity contribution in [2.24, 2.45) is 0 Å². The normalized spacial score (nSPS) is 16.7. The van der Waals surface area contributed by atoms with Crippen LogP contribution in [-0.4, -0.2) is 47.0 Å². The zero-order valence-corrected chi connectivity index (χ0v) is 21.4. The third-order valence-corrected chi connectivity index (χ3v) is 7.64. The number of amides is 2. The van der Waals surface area contributed by atoms with Gasteiger partial charge in [-0.25, -0.2) is 0 Å². The first-order valence-corrected chi connectivity index (χ1v) is 12.7. The van der Waals surface area contributed by atoms with Gasteiger partial charge in [-0.3, -0.25) is 9.59 Å². The van der Waals surface area contributed by atoms with Crippen molar-refractivity contribution in [2.75, 3.05) is 19.9 Å². The minimum absolute atomic E-state index is 0.00138. The van der Waals surface area contributed by atoms with E-state index in [4.69, 9.17) is 9.47 Å². The third kappa shape index (κ3) is 4.52. The van der Waals surface area contributed by atoms with Gasteiger partial charge in [-0.15, -0.1) is 11.3 Å². The molecule has 1 atom stereocenters. The molecule has 6 nitrogen and oxygen atoms in total. The Morgan fingerprint density at radius 2 is 1.80 bits per heavy atom. The van der Waals surface area contributed by atoms with E-state index in [1.165, 1.54) is 16.0 Å². The van der Waals surface area contributed by atoms with Crippen molar-refractivity contribution in [2.45, 2.75) is 45.7 Å². The Kier molecular flexibility index (Phi) is 6.05. The van der Waals surface area contributed by atoms with E-state index in [1.54, 1.807) is 34.4 Å². The van der Waals surface area contributed by atoms with E-state index in [0.29, 0.717) is 23.6 Å². The fourth-order valence-corrected chi connectivity index (χ4v) is 5.62. The molecule has 3 aromatic rings. The van der Waals surface area contributed by atoms with Gasteiger partial charge in [0.05, 0.1) is 6.04 Å². The Morgan fingerprint density at radius 1 is 1.06 bits per heavy atom. The van der Waals surface area contributed by atoms with Gasteiger partial charge >= 0.3 is 0 Å². The number of carbonyl (C=O) groups is 2. The van der Waals surface area contributed by atoms with Crippen LogP contribution in [0, 0.1) is 6.92 Å². The topological polar surface area (TPSA) is 59.1 Å². The molecule has 0 N–H and O–H groups in total. The second kappa shape index (κ2) is 9.04. The van der Waals surface area contributed by atoms with Crippen molar-refractivity contribution >= 4 is 23.2 Å². The van der Waals surface area contributed by atoms with Crippen LogP contribution in [0.4, 0.5) is 0 Å². The van der Waals surface area contributed by atoms with Gasteiger partial charge in [0, 0.05) is 22.5 Å². The summed E-state index contributed by atoms with van der Waals surface area (Å²) in [5, 5.41) is 2.10. The van der Waals surface area contributed by atoms with Crippen molar-refractivity contribution < 1.29 is 19.1 Å². The summed E-state index contributed by atoms with van der Waals surface area (Å²) in [6, 6.07) is 15.5. The van der Waals surface area contributed by atoms with Crippen LogP contribution in [0.3, 0.4) is 0 Å². The Morgan fingerprint density at radius 3 is 2.54 bits per heavy atom. The fraction of sp³-hybridized carbons (Fsp3) is 0.357. The lowest BCUT2D eigenvalue weighted by atomic mass is 9.92. The Bertz CT molecular complexity index is 1260. The number of hydrogen-bond donors (Lipinski definition) is 0. The number of rotatable bonds is 4. The second-order valence-corrected chi connectivity index (χ2v) is 11.1. The highest BCUT2D eigenvalue weighted by Gasteiger charge is 2.36. The zero-order chi connectivity index (χ0) is 24.7. The summed E-state index contributed by atoms with van der Waals surface area (Å²) in [5.41, 5.74) is 3.38. The second-order valence-electron chi connectivity index (χ2n) is 10.1. The summed E-state index contributed by atoms with van der Waals surface area (Å²) in [7, 11) is 0. The van der Waals surface area contributed by atoms with Crippen LogP contribution in [0.15, 0.2) is 53.9 Å². The van der Waals surface area contributed by atoms with Crippen LogP contribution in [0.25, 0.3) is 0 Å². The highest BCUT2D eigenvalue weighted by molar-refractivity contribution is 7.10. The monoisotopic (exact) mass is 490 g/mol. The smallest absolute Gasteiger partial charge is 0.254 e. The average Bonchev–Trinajstić information content (AvgIpc) is 3.50. The van der Waals surface area contributed by atoms with Crippen LogP contribution in [0.2, 0.25) is 0 Å². The van der Waals surface area contributed by atoms with Gasteiger partial charge in [0.25, 0.3) is 5.91 Å². The zero-order valence-electron chi connectivity index (χ0n) is 20.5. The standard InChI is InChI=1S/C28H30N2O4S/c1-18-5-7-19(8-6-18)26-21-12-14-35-24(21)11-13-29(26)25(31)16-30(28(2,3)4)27(32)20-9-10-22-23(15-20)34-17-33-22/h5-10,12,14-15,26H,11,13,16-17H2,1-4H3. The molecule has 2 amide bonds. The molecular weight excluding hydrogens is 460 g/mol. The van der Waals surface area contributed by atoms with Crippen LogP contribution in [0.5, 0.6) is 11.5 Å². The van der Waals surface area contributed by atoms with Crippen LogP contribution in [0.1, 0.15) is 58.7 Å². The number of fused-ring (bicyclic) bond motifs is 2. The Balaban J connectivity index is 1.44. The van der Waals surface area contributed by atoms with E-state index in [9.17, 15) is 9.59 Å². The van der Waals surface area contributed by atoms with Gasteiger partial charge in [0.1, 0.15) is 6.54 Å². The molecule has 1 unspecified atom stereocenters. The van der Waals surface area contributed by atoms with E-state index in [2.05, 4.69) is 42.6 Å². The predicted molar refractivity (Wildman–Crippen MR) is 136 cm³/mol. The molecule has 2 aliphatic rings. The van der Waals surface area contributed by atoms with Gasteiger partial charge in [-0.2, -0.15) is 0 Å². The highest BCUT2D eigenvalue weighted by Crippen LogP contribution is 2.38. The van der Waals surface area contributed by atoms with Crippen molar-refractivity contribution in [3.63, 3.8) is 0 Å². The van der Waals surface area contributed by atoms with Gasteiger partial charge < -0.3 is 19.3 Å². The van der Waals surface area contributed by atoms with Gasteiger partial charge in [-0.1, -0.05) is 29.8 Å². The maximum atomic E-state index is 13.9. The first-order valence-electron chi connectivity index (χ1n) is 11.9. The summed E-state index contributed by atoms with van der Waals surface area (Å²) in [4.78, 5) is 32.4.